The van der Waals surface area contributed by atoms with Gasteiger partial charge in [0.25, 0.3) is 0 Å². The van der Waals surface area contributed by atoms with Gasteiger partial charge in [-0.2, -0.15) is 0 Å². The van der Waals surface area contributed by atoms with Crippen molar-refractivity contribution in [3.05, 3.63) is 28.0 Å². The number of rotatable bonds is 3. The summed E-state index contributed by atoms with van der Waals surface area (Å²) in [6.07, 6.45) is 3.97. The van der Waals surface area contributed by atoms with Crippen molar-refractivity contribution in [2.24, 2.45) is 0 Å². The summed E-state index contributed by atoms with van der Waals surface area (Å²) in [4.78, 5) is 3.96. The predicted molar refractivity (Wildman–Crippen MR) is 62.9 cm³/mol. The molecule has 1 aromatic heterocycles. The van der Waals surface area contributed by atoms with Gasteiger partial charge in [0.2, 0.25) is 0 Å². The Kier molecular flexibility index (Phi) is 4.41. The Hall–Kier alpha value is -0.350. The summed E-state index contributed by atoms with van der Waals surface area (Å²) in [6.45, 7) is 2.01. The first-order valence-electron chi connectivity index (χ1n) is 5.25. The van der Waals surface area contributed by atoms with Gasteiger partial charge in [0, 0.05) is 12.8 Å². The minimum atomic E-state index is 0.184. The summed E-state index contributed by atoms with van der Waals surface area (Å²) < 4.78 is 11.0. The molecule has 0 saturated carbocycles. The molecule has 1 atom stereocenters. The first kappa shape index (κ1) is 12.1. The van der Waals surface area contributed by atoms with Crippen LogP contribution in [0.1, 0.15) is 18.4 Å². The van der Waals surface area contributed by atoms with Crippen LogP contribution in [0.25, 0.3) is 0 Å². The molecule has 1 aromatic rings. The quantitative estimate of drug-likeness (QED) is 0.784. The number of hydrogen-bond donors (Lipinski definition) is 0. The van der Waals surface area contributed by atoms with E-state index < -0.39 is 0 Å². The molecule has 88 valence electrons. The average molecular weight is 262 g/mol. The van der Waals surface area contributed by atoms with E-state index in [1.165, 1.54) is 0 Å². The molecule has 0 aromatic carbocycles. The smallest absolute Gasteiger partial charge is 0.147 e. The van der Waals surface area contributed by atoms with Crippen molar-refractivity contribution in [3.8, 4) is 0 Å². The molecule has 0 spiro atoms. The molecule has 3 nitrogen and oxygen atoms in total. The zero-order valence-corrected chi connectivity index (χ0v) is 10.3. The highest BCUT2D eigenvalue weighted by Gasteiger charge is 2.14. The fourth-order valence-corrected chi connectivity index (χ4v) is 1.89. The molecular weight excluding hydrogens is 249 g/mol. The van der Waals surface area contributed by atoms with E-state index in [2.05, 4.69) is 4.98 Å². The summed E-state index contributed by atoms with van der Waals surface area (Å²) >= 11 is 11.6. The fourth-order valence-electron chi connectivity index (χ4n) is 1.60. The molecule has 0 bridgehead atoms. The second-order valence-electron chi connectivity index (χ2n) is 3.77. The molecule has 16 heavy (non-hydrogen) atoms. The Labute approximate surface area is 105 Å². The van der Waals surface area contributed by atoms with E-state index in [9.17, 15) is 0 Å². The number of aromatic nitrogens is 1. The van der Waals surface area contributed by atoms with Crippen LogP contribution in [0.2, 0.25) is 10.2 Å². The normalized spacial score (nSPS) is 21.0. The van der Waals surface area contributed by atoms with E-state index in [-0.39, 0.29) is 6.10 Å². The maximum absolute atomic E-state index is 5.86. The predicted octanol–water partition coefficient (Wildman–Crippen LogP) is 3.08. The molecule has 5 heteroatoms. The number of hydrogen-bond acceptors (Lipinski definition) is 3. The van der Waals surface area contributed by atoms with Crippen molar-refractivity contribution in [1.82, 2.24) is 4.98 Å². The van der Waals surface area contributed by atoms with Crippen molar-refractivity contribution in [2.45, 2.75) is 25.6 Å². The summed E-state index contributed by atoms with van der Waals surface area (Å²) in [5, 5.41) is 0.786. The molecule has 0 amide bonds. The van der Waals surface area contributed by atoms with Crippen molar-refractivity contribution in [2.75, 3.05) is 13.2 Å². The van der Waals surface area contributed by atoms with Crippen LogP contribution >= 0.6 is 23.2 Å². The Morgan fingerprint density at radius 1 is 1.50 bits per heavy atom. The molecule has 1 unspecified atom stereocenters. The SMILES string of the molecule is Clc1cc(COC2CCCOC2)cnc1Cl. The summed E-state index contributed by atoms with van der Waals surface area (Å²) in [7, 11) is 0. The minimum Gasteiger partial charge on any atom is -0.379 e. The van der Waals surface area contributed by atoms with E-state index in [0.29, 0.717) is 23.4 Å². The second-order valence-corrected chi connectivity index (χ2v) is 4.53. The minimum absolute atomic E-state index is 0.184. The van der Waals surface area contributed by atoms with Crippen LogP contribution in [0.3, 0.4) is 0 Å². The van der Waals surface area contributed by atoms with E-state index in [4.69, 9.17) is 32.7 Å². The molecule has 1 fully saturated rings. The van der Waals surface area contributed by atoms with E-state index in [1.54, 1.807) is 12.3 Å². The van der Waals surface area contributed by atoms with Gasteiger partial charge in [0.05, 0.1) is 24.3 Å². The monoisotopic (exact) mass is 261 g/mol. The van der Waals surface area contributed by atoms with Gasteiger partial charge >= 0.3 is 0 Å². The lowest BCUT2D eigenvalue weighted by atomic mass is 10.2. The largest absolute Gasteiger partial charge is 0.379 e. The molecular formula is C11H13Cl2NO2. The molecule has 0 aliphatic carbocycles. The Balaban J connectivity index is 1.86. The molecule has 2 heterocycles. The highest BCUT2D eigenvalue weighted by Crippen LogP contribution is 2.20. The number of pyridine rings is 1. The zero-order valence-electron chi connectivity index (χ0n) is 8.79. The van der Waals surface area contributed by atoms with Crippen molar-refractivity contribution in [1.29, 1.82) is 0 Å². The van der Waals surface area contributed by atoms with Gasteiger partial charge in [0.1, 0.15) is 5.15 Å². The lowest BCUT2D eigenvalue weighted by Crippen LogP contribution is -2.25. The maximum atomic E-state index is 5.86. The molecule has 1 aliphatic heterocycles. The van der Waals surface area contributed by atoms with Crippen LogP contribution in [0, 0.1) is 0 Å². The lowest BCUT2D eigenvalue weighted by molar-refractivity contribution is -0.0569. The third-order valence-corrected chi connectivity index (χ3v) is 3.14. The van der Waals surface area contributed by atoms with Crippen molar-refractivity contribution < 1.29 is 9.47 Å². The molecule has 1 aliphatic rings. The maximum Gasteiger partial charge on any atom is 0.147 e. The van der Waals surface area contributed by atoms with Gasteiger partial charge in [-0.3, -0.25) is 0 Å². The highest BCUT2D eigenvalue weighted by molar-refractivity contribution is 6.41. The summed E-state index contributed by atoms with van der Waals surface area (Å²) in [5.74, 6) is 0. The molecule has 2 rings (SSSR count). The van der Waals surface area contributed by atoms with Gasteiger partial charge in [-0.1, -0.05) is 23.2 Å². The van der Waals surface area contributed by atoms with Crippen LogP contribution in [0.4, 0.5) is 0 Å². The van der Waals surface area contributed by atoms with Crippen molar-refractivity contribution in [3.63, 3.8) is 0 Å². The first-order chi connectivity index (χ1) is 7.75. The van der Waals surface area contributed by atoms with Crippen LogP contribution in [-0.4, -0.2) is 24.3 Å². The van der Waals surface area contributed by atoms with Gasteiger partial charge in [0.15, 0.2) is 0 Å². The topological polar surface area (TPSA) is 31.4 Å². The van der Waals surface area contributed by atoms with Gasteiger partial charge in [-0.15, -0.1) is 0 Å². The fraction of sp³-hybridized carbons (Fsp3) is 0.545. The summed E-state index contributed by atoms with van der Waals surface area (Å²) in [6, 6.07) is 1.78. The average Bonchev–Trinajstić information content (AvgIpc) is 2.32. The van der Waals surface area contributed by atoms with Gasteiger partial charge in [-0.05, 0) is 24.5 Å². The van der Waals surface area contributed by atoms with Crippen LogP contribution < -0.4 is 0 Å². The van der Waals surface area contributed by atoms with Gasteiger partial charge < -0.3 is 9.47 Å². The lowest BCUT2D eigenvalue weighted by Gasteiger charge is -2.22. The third-order valence-electron chi connectivity index (χ3n) is 2.46. The van der Waals surface area contributed by atoms with Crippen LogP contribution in [-0.2, 0) is 16.1 Å². The van der Waals surface area contributed by atoms with E-state index >= 15 is 0 Å². The van der Waals surface area contributed by atoms with Crippen LogP contribution in [0.5, 0.6) is 0 Å². The van der Waals surface area contributed by atoms with E-state index in [0.717, 1.165) is 25.0 Å². The highest BCUT2D eigenvalue weighted by atomic mass is 35.5. The van der Waals surface area contributed by atoms with E-state index in [1.807, 2.05) is 0 Å². The standard InChI is InChI=1S/C11H13Cl2NO2/c12-10-4-8(5-14-11(10)13)6-16-9-2-1-3-15-7-9/h4-5,9H,1-3,6-7H2. The summed E-state index contributed by atoms with van der Waals surface area (Å²) in [5.41, 5.74) is 0.931. The number of ether oxygens (including phenoxy) is 2. The Bertz CT molecular complexity index is 354. The Morgan fingerprint density at radius 3 is 3.06 bits per heavy atom. The second kappa shape index (κ2) is 5.82. The Morgan fingerprint density at radius 2 is 2.38 bits per heavy atom. The third kappa shape index (κ3) is 3.32. The molecule has 1 saturated heterocycles. The molecule has 0 radical (unpaired) electrons. The zero-order chi connectivity index (χ0) is 11.4. The number of nitrogens with zero attached hydrogens (tertiary/aromatic N) is 1. The van der Waals surface area contributed by atoms with Gasteiger partial charge in [-0.25, -0.2) is 4.98 Å². The molecule has 0 N–H and O–H groups in total. The first-order valence-corrected chi connectivity index (χ1v) is 6.00. The van der Waals surface area contributed by atoms with Crippen LogP contribution in [0.15, 0.2) is 12.3 Å². The van der Waals surface area contributed by atoms with Crippen molar-refractivity contribution >= 4 is 23.2 Å². The number of halogens is 2.